The van der Waals surface area contributed by atoms with Gasteiger partial charge in [0, 0.05) is 29.8 Å². The molecule has 7 nitrogen and oxygen atoms in total. The Balaban J connectivity index is 2.42. The molecule has 25 heavy (non-hydrogen) atoms. The molecular weight excluding hydrogens is 343 g/mol. The molecule has 2 rings (SSSR count). The maximum Gasteiger partial charge on any atom is 0.438 e. The van der Waals surface area contributed by atoms with Crippen molar-refractivity contribution < 1.29 is 28.0 Å². The molecular formula is C15H16F3N3O4. The van der Waals surface area contributed by atoms with Gasteiger partial charge in [-0.25, -0.2) is 0 Å². The van der Waals surface area contributed by atoms with Gasteiger partial charge in [0.15, 0.2) is 0 Å². The van der Waals surface area contributed by atoms with Crippen molar-refractivity contribution >= 4 is 17.3 Å². The molecule has 10 heteroatoms. The average Bonchev–Trinajstić information content (AvgIpc) is 2.92. The lowest BCUT2D eigenvalue weighted by Gasteiger charge is -2.32. The summed E-state index contributed by atoms with van der Waals surface area (Å²) in [5, 5.41) is 24.5. The van der Waals surface area contributed by atoms with Crippen molar-refractivity contribution in [1.82, 2.24) is 5.01 Å². The number of non-ortho nitro benzene ring substituents is 1. The van der Waals surface area contributed by atoms with Crippen molar-refractivity contribution in [3.63, 3.8) is 0 Å². The van der Waals surface area contributed by atoms with Gasteiger partial charge in [-0.1, -0.05) is 13.8 Å². The van der Waals surface area contributed by atoms with Crippen molar-refractivity contribution in [2.75, 3.05) is 0 Å². The number of nitrogens with zero attached hydrogens (tertiary/aromatic N) is 3. The Kier molecular flexibility index (Phi) is 4.85. The van der Waals surface area contributed by atoms with Gasteiger partial charge in [-0.3, -0.25) is 14.9 Å². The van der Waals surface area contributed by atoms with Gasteiger partial charge in [0.1, 0.15) is 0 Å². The number of carbonyl (C=O) groups excluding carboxylic acids is 1. The number of nitro benzene ring substituents is 1. The second-order valence-electron chi connectivity index (χ2n) is 5.81. The lowest BCUT2D eigenvalue weighted by Crippen LogP contribution is -2.56. The monoisotopic (exact) mass is 359 g/mol. The van der Waals surface area contributed by atoms with Crippen LogP contribution in [0.1, 0.15) is 37.0 Å². The van der Waals surface area contributed by atoms with Gasteiger partial charge in [0.25, 0.3) is 17.3 Å². The summed E-state index contributed by atoms with van der Waals surface area (Å²) in [6.45, 7) is 3.40. The molecule has 136 valence electrons. The van der Waals surface area contributed by atoms with E-state index >= 15 is 0 Å². The molecule has 0 bridgehead atoms. The molecule has 0 aromatic heterocycles. The molecule has 0 spiro atoms. The summed E-state index contributed by atoms with van der Waals surface area (Å²) < 4.78 is 40.1. The molecule has 0 radical (unpaired) electrons. The van der Waals surface area contributed by atoms with Crippen LogP contribution in [0.2, 0.25) is 0 Å². The van der Waals surface area contributed by atoms with Crippen molar-refractivity contribution in [2.24, 2.45) is 11.0 Å². The summed E-state index contributed by atoms with van der Waals surface area (Å²) in [5.41, 5.74) is -3.93. The lowest BCUT2D eigenvalue weighted by atomic mass is 9.95. The van der Waals surface area contributed by atoms with Crippen LogP contribution in [-0.4, -0.2) is 38.6 Å². The molecule has 1 heterocycles. The zero-order valence-electron chi connectivity index (χ0n) is 13.4. The average molecular weight is 359 g/mol. The van der Waals surface area contributed by atoms with Crippen LogP contribution >= 0.6 is 0 Å². The van der Waals surface area contributed by atoms with Crippen LogP contribution in [0, 0.1) is 16.0 Å². The van der Waals surface area contributed by atoms with Crippen molar-refractivity contribution in [3.05, 3.63) is 39.9 Å². The summed E-state index contributed by atoms with van der Waals surface area (Å²) in [6.07, 6.45) is -5.45. The SMILES string of the molecule is CC[C@@H](C)C1=NN(C(=O)c2ccc([N+](=O)[O-])cc2)[C@@](O)(C(F)(F)F)C1. The topological polar surface area (TPSA) is 96.0 Å². The van der Waals surface area contributed by atoms with E-state index in [1.807, 2.05) is 0 Å². The number of benzene rings is 1. The first kappa shape index (κ1) is 18.8. The smallest absolute Gasteiger partial charge is 0.362 e. The number of carbonyl (C=O) groups is 1. The third kappa shape index (κ3) is 3.34. The number of alkyl halides is 3. The minimum absolute atomic E-state index is 0.0235. The third-order valence-corrected chi connectivity index (χ3v) is 4.16. The van der Waals surface area contributed by atoms with Gasteiger partial charge >= 0.3 is 6.18 Å². The first-order chi connectivity index (χ1) is 11.5. The van der Waals surface area contributed by atoms with Gasteiger partial charge in [0.2, 0.25) is 0 Å². The normalized spacial score (nSPS) is 21.8. The highest BCUT2D eigenvalue weighted by molar-refractivity contribution is 5.99. The second-order valence-corrected chi connectivity index (χ2v) is 5.81. The van der Waals surface area contributed by atoms with Crippen LogP contribution < -0.4 is 0 Å². The third-order valence-electron chi connectivity index (χ3n) is 4.16. The van der Waals surface area contributed by atoms with Crippen LogP contribution in [0.3, 0.4) is 0 Å². The highest BCUT2D eigenvalue weighted by Gasteiger charge is 2.63. The molecule has 0 saturated heterocycles. The minimum atomic E-state index is -5.11. The van der Waals surface area contributed by atoms with Gasteiger partial charge in [0.05, 0.1) is 4.92 Å². The van der Waals surface area contributed by atoms with Crippen molar-refractivity contribution in [3.8, 4) is 0 Å². The predicted octanol–water partition coefficient (Wildman–Crippen LogP) is 3.09. The van der Waals surface area contributed by atoms with Gasteiger partial charge in [-0.05, 0) is 24.5 Å². The highest BCUT2D eigenvalue weighted by atomic mass is 19.4. The van der Waals surface area contributed by atoms with Crippen LogP contribution in [0.4, 0.5) is 18.9 Å². The van der Waals surface area contributed by atoms with Gasteiger partial charge < -0.3 is 5.11 Å². The molecule has 0 aliphatic carbocycles. The van der Waals surface area contributed by atoms with E-state index in [9.17, 15) is 33.2 Å². The summed E-state index contributed by atoms with van der Waals surface area (Å²) in [7, 11) is 0. The largest absolute Gasteiger partial charge is 0.438 e. The molecule has 1 N–H and O–H groups in total. The fraction of sp³-hybridized carbons (Fsp3) is 0.467. The van der Waals surface area contributed by atoms with Gasteiger partial charge in [-0.15, -0.1) is 0 Å². The standard InChI is InChI=1S/C15H16F3N3O4/c1-3-9(2)12-8-14(23,15(16,17)18)20(19-12)13(22)10-4-6-11(7-5-10)21(24)25/h4-7,9,23H,3,8H2,1-2H3/t9-,14+/m1/s1. The van der Waals surface area contributed by atoms with Crippen LogP contribution in [0.5, 0.6) is 0 Å². The number of aliphatic hydroxyl groups is 1. The maximum absolute atomic E-state index is 13.4. The fourth-order valence-corrected chi connectivity index (χ4v) is 2.36. The van der Waals surface area contributed by atoms with Crippen LogP contribution in [0.25, 0.3) is 0 Å². The van der Waals surface area contributed by atoms with Crippen LogP contribution in [0.15, 0.2) is 29.4 Å². The molecule has 2 atom stereocenters. The molecule has 0 unspecified atom stereocenters. The fourth-order valence-electron chi connectivity index (χ4n) is 2.36. The summed E-state index contributed by atoms with van der Waals surface area (Å²) in [6, 6.07) is 4.03. The number of hydrogen-bond donors (Lipinski definition) is 1. The quantitative estimate of drug-likeness (QED) is 0.660. The van der Waals surface area contributed by atoms with Crippen molar-refractivity contribution in [2.45, 2.75) is 38.6 Å². The molecule has 1 amide bonds. The minimum Gasteiger partial charge on any atom is -0.362 e. The van der Waals surface area contributed by atoms with E-state index in [2.05, 4.69) is 5.10 Å². The Hall–Kier alpha value is -2.49. The maximum atomic E-state index is 13.4. The van der Waals surface area contributed by atoms with E-state index in [0.717, 1.165) is 24.3 Å². The number of rotatable bonds is 4. The van der Waals surface area contributed by atoms with E-state index in [-0.39, 0.29) is 27.9 Å². The predicted molar refractivity (Wildman–Crippen MR) is 81.8 cm³/mol. The Morgan fingerprint density at radius 1 is 1.44 bits per heavy atom. The zero-order valence-corrected chi connectivity index (χ0v) is 13.4. The summed E-state index contributed by atoms with van der Waals surface area (Å²) in [4.78, 5) is 22.4. The highest BCUT2D eigenvalue weighted by Crippen LogP contribution is 2.42. The Labute approximate surface area is 140 Å². The van der Waals surface area contributed by atoms with E-state index in [1.165, 1.54) is 0 Å². The first-order valence-corrected chi connectivity index (χ1v) is 7.46. The molecule has 1 aliphatic rings. The van der Waals surface area contributed by atoms with Crippen LogP contribution in [-0.2, 0) is 0 Å². The number of halogens is 3. The molecule has 0 fully saturated rings. The summed E-state index contributed by atoms with van der Waals surface area (Å²) >= 11 is 0. The number of hydrazone groups is 1. The second kappa shape index (κ2) is 6.43. The van der Waals surface area contributed by atoms with E-state index < -0.39 is 29.2 Å². The first-order valence-electron chi connectivity index (χ1n) is 7.46. The molecule has 1 aromatic carbocycles. The zero-order chi connectivity index (χ0) is 19.0. The Morgan fingerprint density at radius 3 is 2.44 bits per heavy atom. The van der Waals surface area contributed by atoms with E-state index in [1.54, 1.807) is 13.8 Å². The number of amides is 1. The molecule has 1 aromatic rings. The van der Waals surface area contributed by atoms with Crippen molar-refractivity contribution in [1.29, 1.82) is 0 Å². The lowest BCUT2D eigenvalue weighted by molar-refractivity contribution is -0.384. The molecule has 0 saturated carbocycles. The van der Waals surface area contributed by atoms with Gasteiger partial charge in [-0.2, -0.15) is 23.3 Å². The van der Waals surface area contributed by atoms with E-state index in [4.69, 9.17) is 0 Å². The Morgan fingerprint density at radius 2 is 2.00 bits per heavy atom. The number of hydrogen-bond acceptors (Lipinski definition) is 5. The molecule has 1 aliphatic heterocycles. The Bertz CT molecular complexity index is 718. The summed E-state index contributed by atoms with van der Waals surface area (Å²) in [5.74, 6) is -1.53. The number of nitro groups is 1. The van der Waals surface area contributed by atoms with E-state index in [0.29, 0.717) is 6.42 Å².